The van der Waals surface area contributed by atoms with Gasteiger partial charge in [-0.15, -0.1) is 0 Å². The molecule has 0 bridgehead atoms. The fourth-order valence-corrected chi connectivity index (χ4v) is 3.82. The van der Waals surface area contributed by atoms with Crippen LogP contribution in [0.5, 0.6) is 5.75 Å². The first-order valence-corrected chi connectivity index (χ1v) is 8.98. The predicted molar refractivity (Wildman–Crippen MR) is 109 cm³/mol. The van der Waals surface area contributed by atoms with Gasteiger partial charge in [0.2, 0.25) is 0 Å². The SMILES string of the molecule is CC(SC(N)=NC=N)(C(=N)c1ccc2c(c1)NC(=O)CO2)c1ccccc1. The Morgan fingerprint density at radius 3 is 2.78 bits per heavy atom. The van der Waals surface area contributed by atoms with Crippen molar-refractivity contribution >= 4 is 40.6 Å². The van der Waals surface area contributed by atoms with Gasteiger partial charge >= 0.3 is 0 Å². The third kappa shape index (κ3) is 3.85. The van der Waals surface area contributed by atoms with E-state index in [0.29, 0.717) is 22.7 Å². The molecular weight excluding hydrogens is 362 g/mol. The Kier molecular flexibility index (Phi) is 5.27. The zero-order valence-electron chi connectivity index (χ0n) is 14.7. The van der Waals surface area contributed by atoms with E-state index in [1.165, 1.54) is 11.8 Å². The third-order valence-corrected chi connectivity index (χ3v) is 5.37. The zero-order chi connectivity index (χ0) is 19.4. The second-order valence-corrected chi connectivity index (χ2v) is 7.46. The highest BCUT2D eigenvalue weighted by atomic mass is 32.2. The molecule has 0 spiro atoms. The van der Waals surface area contributed by atoms with Gasteiger partial charge in [0.1, 0.15) is 12.1 Å². The van der Waals surface area contributed by atoms with Crippen molar-refractivity contribution < 1.29 is 9.53 Å². The Morgan fingerprint density at radius 1 is 1.33 bits per heavy atom. The summed E-state index contributed by atoms with van der Waals surface area (Å²) in [6.45, 7) is 1.87. The van der Waals surface area contributed by atoms with Crippen LogP contribution in [0.15, 0.2) is 53.5 Å². The highest BCUT2D eigenvalue weighted by molar-refractivity contribution is 8.15. The van der Waals surface area contributed by atoms with Gasteiger partial charge in [0.05, 0.1) is 16.1 Å². The number of rotatable bonds is 5. The number of thioether (sulfide) groups is 1. The largest absolute Gasteiger partial charge is 0.482 e. The molecule has 1 amide bonds. The summed E-state index contributed by atoms with van der Waals surface area (Å²) in [5.41, 5.74) is 8.28. The minimum atomic E-state index is -0.842. The van der Waals surface area contributed by atoms with Crippen molar-refractivity contribution in [1.82, 2.24) is 0 Å². The van der Waals surface area contributed by atoms with Crippen LogP contribution in [0, 0.1) is 10.8 Å². The quantitative estimate of drug-likeness (QED) is 0.469. The van der Waals surface area contributed by atoms with Crippen molar-refractivity contribution in [3.05, 3.63) is 59.7 Å². The number of nitrogens with two attached hydrogens (primary N) is 1. The predicted octanol–water partition coefficient (Wildman–Crippen LogP) is 2.96. The minimum Gasteiger partial charge on any atom is -0.482 e. The fourth-order valence-electron chi connectivity index (χ4n) is 2.82. The molecule has 1 aliphatic heterocycles. The maximum atomic E-state index is 11.6. The summed E-state index contributed by atoms with van der Waals surface area (Å²) in [6.07, 6.45) is 0.878. The molecule has 0 fully saturated rings. The van der Waals surface area contributed by atoms with Gasteiger partial charge in [0, 0.05) is 0 Å². The number of amidine groups is 1. The molecule has 1 unspecified atom stereocenters. The standard InChI is InChI=1S/C19H19N5O2S/c1-19(27-18(22)23-11-20,13-5-3-2-4-6-13)17(21)12-7-8-15-14(9-12)24-16(25)10-26-15/h2-9,11,21H,10H2,1H3,(H,24,25)(H3,20,22,23). The Balaban J connectivity index is 2.03. The second kappa shape index (κ2) is 7.63. The lowest BCUT2D eigenvalue weighted by Gasteiger charge is -2.30. The van der Waals surface area contributed by atoms with Gasteiger partial charge in [-0.3, -0.25) is 10.2 Å². The Labute approximate surface area is 161 Å². The molecule has 27 heavy (non-hydrogen) atoms. The number of anilines is 1. The summed E-state index contributed by atoms with van der Waals surface area (Å²) in [4.78, 5) is 15.4. The lowest BCUT2D eigenvalue weighted by molar-refractivity contribution is -0.118. The van der Waals surface area contributed by atoms with Crippen LogP contribution in [0.2, 0.25) is 0 Å². The summed E-state index contributed by atoms with van der Waals surface area (Å²) in [5, 5.41) is 19.0. The summed E-state index contributed by atoms with van der Waals surface area (Å²) < 4.78 is 4.54. The molecule has 1 heterocycles. The molecule has 0 aliphatic carbocycles. The average molecular weight is 381 g/mol. The van der Waals surface area contributed by atoms with Crippen molar-refractivity contribution in [3.8, 4) is 5.75 Å². The van der Waals surface area contributed by atoms with Crippen LogP contribution < -0.4 is 15.8 Å². The molecular formula is C19H19N5O2S. The number of nitrogens with zero attached hydrogens (tertiary/aromatic N) is 1. The molecule has 3 rings (SSSR count). The average Bonchev–Trinajstić information content (AvgIpc) is 2.67. The molecule has 1 atom stereocenters. The van der Waals surface area contributed by atoms with Crippen LogP contribution in [-0.4, -0.2) is 29.7 Å². The Morgan fingerprint density at radius 2 is 2.07 bits per heavy atom. The van der Waals surface area contributed by atoms with E-state index in [0.717, 1.165) is 11.9 Å². The van der Waals surface area contributed by atoms with Gasteiger partial charge < -0.3 is 21.2 Å². The van der Waals surface area contributed by atoms with Crippen molar-refractivity contribution in [2.75, 3.05) is 11.9 Å². The number of aliphatic imine (C=N–C) groups is 1. The third-order valence-electron chi connectivity index (χ3n) is 4.20. The molecule has 8 heteroatoms. The summed E-state index contributed by atoms with van der Waals surface area (Å²) >= 11 is 1.20. The van der Waals surface area contributed by atoms with Crippen LogP contribution in [0.3, 0.4) is 0 Å². The first-order valence-electron chi connectivity index (χ1n) is 8.17. The zero-order valence-corrected chi connectivity index (χ0v) is 15.5. The van der Waals surface area contributed by atoms with Gasteiger partial charge in [-0.05, 0) is 36.2 Å². The fraction of sp³-hybridized carbons (Fsp3) is 0.158. The van der Waals surface area contributed by atoms with Crippen LogP contribution >= 0.6 is 11.8 Å². The summed E-state index contributed by atoms with van der Waals surface area (Å²) in [7, 11) is 0. The molecule has 7 nitrogen and oxygen atoms in total. The first kappa shape index (κ1) is 18.7. The van der Waals surface area contributed by atoms with E-state index in [1.54, 1.807) is 18.2 Å². The highest BCUT2D eigenvalue weighted by Crippen LogP contribution is 2.40. The van der Waals surface area contributed by atoms with Crippen LogP contribution in [-0.2, 0) is 9.54 Å². The van der Waals surface area contributed by atoms with Gasteiger partial charge in [-0.1, -0.05) is 42.1 Å². The monoisotopic (exact) mass is 381 g/mol. The molecule has 5 N–H and O–H groups in total. The van der Waals surface area contributed by atoms with E-state index in [2.05, 4.69) is 10.3 Å². The van der Waals surface area contributed by atoms with Gasteiger partial charge in [-0.25, -0.2) is 4.99 Å². The molecule has 0 radical (unpaired) electrons. The number of amides is 1. The molecule has 2 aromatic rings. The first-order chi connectivity index (χ1) is 12.9. The molecule has 0 saturated carbocycles. The van der Waals surface area contributed by atoms with Gasteiger partial charge in [0.25, 0.3) is 5.91 Å². The smallest absolute Gasteiger partial charge is 0.262 e. The molecule has 2 aromatic carbocycles. The lowest BCUT2D eigenvalue weighted by atomic mass is 9.90. The number of carbonyl (C=O) groups excluding carboxylic acids is 1. The molecule has 138 valence electrons. The van der Waals surface area contributed by atoms with E-state index >= 15 is 0 Å². The second-order valence-electron chi connectivity index (χ2n) is 6.02. The molecule has 1 aliphatic rings. The molecule has 0 saturated heterocycles. The number of hydrogen-bond donors (Lipinski definition) is 4. The number of nitrogens with one attached hydrogen (secondary N) is 3. The van der Waals surface area contributed by atoms with Gasteiger partial charge in [0.15, 0.2) is 11.8 Å². The van der Waals surface area contributed by atoms with E-state index in [4.69, 9.17) is 21.3 Å². The summed E-state index contributed by atoms with van der Waals surface area (Å²) in [5.74, 6) is 0.346. The number of hydrogen-bond acceptors (Lipinski definition) is 5. The number of carbonyl (C=O) groups is 1. The van der Waals surface area contributed by atoms with Crippen LogP contribution in [0.25, 0.3) is 0 Å². The summed E-state index contributed by atoms with van der Waals surface area (Å²) in [6, 6.07) is 14.8. The Hall–Kier alpha value is -3.13. The maximum Gasteiger partial charge on any atom is 0.262 e. The van der Waals surface area contributed by atoms with Crippen molar-refractivity contribution in [1.29, 1.82) is 10.8 Å². The van der Waals surface area contributed by atoms with Crippen molar-refractivity contribution in [2.24, 2.45) is 10.7 Å². The highest BCUT2D eigenvalue weighted by Gasteiger charge is 2.35. The van der Waals surface area contributed by atoms with E-state index in [-0.39, 0.29) is 17.7 Å². The van der Waals surface area contributed by atoms with E-state index in [9.17, 15) is 4.79 Å². The van der Waals surface area contributed by atoms with E-state index < -0.39 is 4.75 Å². The number of benzene rings is 2. The normalized spacial score (nSPS) is 15.7. The topological polar surface area (TPSA) is 124 Å². The van der Waals surface area contributed by atoms with Crippen molar-refractivity contribution in [3.63, 3.8) is 0 Å². The molecule has 0 aromatic heterocycles. The van der Waals surface area contributed by atoms with Crippen LogP contribution in [0.4, 0.5) is 5.69 Å². The number of fused-ring (bicyclic) bond motifs is 1. The van der Waals surface area contributed by atoms with Crippen molar-refractivity contribution in [2.45, 2.75) is 11.7 Å². The minimum absolute atomic E-state index is 0.0159. The van der Waals surface area contributed by atoms with Crippen LogP contribution in [0.1, 0.15) is 18.1 Å². The maximum absolute atomic E-state index is 11.6. The Bertz CT molecular complexity index is 929. The number of ether oxygens (including phenoxy) is 1. The van der Waals surface area contributed by atoms with Gasteiger partial charge in [-0.2, -0.15) is 0 Å². The van der Waals surface area contributed by atoms with E-state index in [1.807, 2.05) is 37.3 Å². The lowest BCUT2D eigenvalue weighted by Crippen LogP contribution is -2.33.